The van der Waals surface area contributed by atoms with Crippen molar-refractivity contribution in [2.45, 2.75) is 87.5 Å². The zero-order chi connectivity index (χ0) is 28.9. The second-order valence-electron chi connectivity index (χ2n) is 13.8. The molecule has 3 heterocycles. The number of hydrogen-bond donors (Lipinski definition) is 4. The smallest absolute Gasteiger partial charge is 0.242 e. The minimum absolute atomic E-state index is 0.0144. The van der Waals surface area contributed by atoms with Crippen LogP contribution in [0.3, 0.4) is 0 Å². The van der Waals surface area contributed by atoms with E-state index in [9.17, 15) is 14.7 Å². The van der Waals surface area contributed by atoms with Crippen LogP contribution in [-0.2, 0) is 32.6 Å². The van der Waals surface area contributed by atoms with Crippen LogP contribution in [0.2, 0.25) is 0 Å². The number of rotatable bonds is 9. The molecular weight excluding hydrogens is 534 g/mol. The summed E-state index contributed by atoms with van der Waals surface area (Å²) in [5, 5.41) is 17.1. The number of nitrogens with one attached hydrogen (secondary N) is 3. The van der Waals surface area contributed by atoms with Gasteiger partial charge in [0.15, 0.2) is 11.5 Å². The van der Waals surface area contributed by atoms with Crippen molar-refractivity contribution in [3.05, 3.63) is 41.5 Å². The Labute approximate surface area is 245 Å². The number of aromatic hydroxyl groups is 1. The van der Waals surface area contributed by atoms with Crippen molar-refractivity contribution >= 4 is 11.8 Å². The normalized spacial score (nSPS) is 36.2. The second-order valence-corrected chi connectivity index (χ2v) is 13.8. The standard InChI is InChI=1S/C32H41N5O5/c1-18(38)36-23(12-22-15-33-17-35-22)28(40)34-14-21-13-30-7-8-32(21,41-2)29-31(30)9-10-37(16-19-3-4-19)25(30)11-20-5-6-24(39)27(42-29)26(20)31/h5-6,15,17,19,21,23,25,29,39H,3-4,7-14,16H2,1-2H3,(H,33,35)(H,34,40)(H,36,38)/t21-,23+,25-,29?,30-,31+,32?/m1/s1. The molecule has 1 saturated heterocycles. The number of ether oxygens (including phenoxy) is 2. The van der Waals surface area contributed by atoms with Crippen molar-refractivity contribution in [2.24, 2.45) is 17.3 Å². The lowest BCUT2D eigenvalue weighted by Gasteiger charge is -2.74. The van der Waals surface area contributed by atoms with Crippen molar-refractivity contribution in [3.63, 3.8) is 0 Å². The van der Waals surface area contributed by atoms with Gasteiger partial charge in [0.25, 0.3) is 0 Å². The largest absolute Gasteiger partial charge is 0.504 e. The zero-order valence-corrected chi connectivity index (χ0v) is 24.4. The number of nitrogens with zero attached hydrogens (tertiary/aromatic N) is 2. The number of phenolic OH excluding ortho intramolecular Hbond substituents is 1. The van der Waals surface area contributed by atoms with Crippen LogP contribution in [0.25, 0.3) is 0 Å². The molecule has 0 radical (unpaired) electrons. The summed E-state index contributed by atoms with van der Waals surface area (Å²) in [6.07, 6.45) is 10.9. The third-order valence-electron chi connectivity index (χ3n) is 12.0. The van der Waals surface area contributed by atoms with E-state index in [0.717, 1.165) is 56.8 Å². The predicted molar refractivity (Wildman–Crippen MR) is 153 cm³/mol. The van der Waals surface area contributed by atoms with Crippen LogP contribution in [0.1, 0.15) is 62.3 Å². The van der Waals surface area contributed by atoms with Crippen LogP contribution >= 0.6 is 0 Å². The molecule has 5 aliphatic carbocycles. The van der Waals surface area contributed by atoms with E-state index < -0.39 is 11.6 Å². The monoisotopic (exact) mass is 575 g/mol. The van der Waals surface area contributed by atoms with Crippen LogP contribution in [0.4, 0.5) is 0 Å². The van der Waals surface area contributed by atoms with Crippen LogP contribution in [0.15, 0.2) is 24.7 Å². The minimum Gasteiger partial charge on any atom is -0.504 e. The van der Waals surface area contributed by atoms with Crippen molar-refractivity contribution in [3.8, 4) is 11.5 Å². The molecule has 1 aromatic carbocycles. The molecule has 2 amide bonds. The molecule has 224 valence electrons. The first-order chi connectivity index (χ1) is 20.3. The number of piperidine rings is 1. The molecule has 9 rings (SSSR count). The highest BCUT2D eigenvalue weighted by molar-refractivity contribution is 5.87. The number of aromatic nitrogens is 2. The van der Waals surface area contributed by atoms with E-state index in [2.05, 4.69) is 31.6 Å². The molecule has 5 fully saturated rings. The number of benzene rings is 1. The molecule has 4 bridgehead atoms. The molecule has 7 atom stereocenters. The van der Waals surface area contributed by atoms with Crippen LogP contribution in [0.5, 0.6) is 11.5 Å². The van der Waals surface area contributed by atoms with Gasteiger partial charge in [-0.3, -0.25) is 14.5 Å². The number of methoxy groups -OCH3 is 1. The first-order valence-electron chi connectivity index (χ1n) is 15.6. The lowest BCUT2D eigenvalue weighted by molar-refractivity contribution is -0.276. The number of hydrogen-bond acceptors (Lipinski definition) is 7. The van der Waals surface area contributed by atoms with Crippen LogP contribution < -0.4 is 15.4 Å². The van der Waals surface area contributed by atoms with E-state index in [4.69, 9.17) is 9.47 Å². The summed E-state index contributed by atoms with van der Waals surface area (Å²) in [7, 11) is 1.79. The number of H-pyrrole nitrogens is 1. The molecule has 2 spiro atoms. The van der Waals surface area contributed by atoms with E-state index in [0.29, 0.717) is 24.8 Å². The highest BCUT2D eigenvalue weighted by Gasteiger charge is 2.80. The number of imidazole rings is 1. The summed E-state index contributed by atoms with van der Waals surface area (Å²) in [6.45, 7) is 4.08. The van der Waals surface area contributed by atoms with Gasteiger partial charge in [0.1, 0.15) is 17.7 Å². The number of fused-ring (bicyclic) bond motifs is 2. The Balaban J connectivity index is 1.14. The van der Waals surface area contributed by atoms with Crippen LogP contribution in [-0.4, -0.2) is 82.3 Å². The number of carbonyl (C=O) groups is 2. The Morgan fingerprint density at radius 2 is 2.14 bits per heavy atom. The van der Waals surface area contributed by atoms with E-state index in [1.165, 1.54) is 30.9 Å². The fraction of sp³-hybridized carbons (Fsp3) is 0.656. The molecule has 42 heavy (non-hydrogen) atoms. The molecular formula is C32H41N5O5. The Morgan fingerprint density at radius 1 is 1.29 bits per heavy atom. The SMILES string of the molecule is COC12CC[C@@]3(C[C@@H]1CNC(=O)[C@H](Cc1cnc[nH]1)NC(C)=O)[C@H]1Cc4ccc(O)c5c4[C@@]3(CCN1CC1CC1)C2O5. The highest BCUT2D eigenvalue weighted by atomic mass is 16.6. The number of aromatic amines is 1. The quantitative estimate of drug-likeness (QED) is 0.361. The lowest BCUT2D eigenvalue weighted by atomic mass is 9.35. The summed E-state index contributed by atoms with van der Waals surface area (Å²) in [5.41, 5.74) is 2.54. The van der Waals surface area contributed by atoms with E-state index in [-0.39, 0.29) is 40.4 Å². The number of amides is 2. The van der Waals surface area contributed by atoms with Gasteiger partial charge in [-0.05, 0) is 69.0 Å². The van der Waals surface area contributed by atoms with Crippen molar-refractivity contribution < 1.29 is 24.2 Å². The summed E-state index contributed by atoms with van der Waals surface area (Å²) in [6, 6.07) is 3.63. The molecule has 2 unspecified atom stereocenters. The third-order valence-corrected chi connectivity index (χ3v) is 12.0. The number of carbonyl (C=O) groups excluding carboxylic acids is 2. The Bertz CT molecular complexity index is 1430. The van der Waals surface area contributed by atoms with Gasteiger partial charge in [-0.25, -0.2) is 4.98 Å². The average molecular weight is 576 g/mol. The number of likely N-dealkylation sites (tertiary alicyclic amines) is 1. The molecule has 4 N–H and O–H groups in total. The van der Waals surface area contributed by atoms with Gasteiger partial charge >= 0.3 is 0 Å². The van der Waals surface area contributed by atoms with Gasteiger partial charge < -0.3 is 30.2 Å². The predicted octanol–water partition coefficient (Wildman–Crippen LogP) is 2.20. The van der Waals surface area contributed by atoms with Crippen molar-refractivity contribution in [2.75, 3.05) is 26.7 Å². The maximum atomic E-state index is 13.6. The molecule has 10 nitrogen and oxygen atoms in total. The van der Waals surface area contributed by atoms with E-state index in [1.54, 1.807) is 19.6 Å². The fourth-order valence-corrected chi connectivity index (χ4v) is 10.2. The first kappa shape index (κ1) is 26.5. The Hall–Kier alpha value is -3.11. The van der Waals surface area contributed by atoms with Gasteiger partial charge in [0.05, 0.1) is 6.33 Å². The van der Waals surface area contributed by atoms with Gasteiger partial charge in [-0.15, -0.1) is 0 Å². The summed E-state index contributed by atoms with van der Waals surface area (Å²) < 4.78 is 13.4. The molecule has 4 saturated carbocycles. The summed E-state index contributed by atoms with van der Waals surface area (Å²) in [4.78, 5) is 35.4. The zero-order valence-electron chi connectivity index (χ0n) is 24.4. The Morgan fingerprint density at radius 3 is 2.88 bits per heavy atom. The molecule has 2 aromatic rings. The molecule has 2 aliphatic heterocycles. The minimum atomic E-state index is -0.707. The maximum Gasteiger partial charge on any atom is 0.242 e. The molecule has 10 heteroatoms. The molecule has 7 aliphatic rings. The Kier molecular flexibility index (Phi) is 5.80. The third kappa shape index (κ3) is 3.48. The van der Waals surface area contributed by atoms with Gasteiger partial charge in [0, 0.05) is 73.8 Å². The molecule has 1 aromatic heterocycles. The van der Waals surface area contributed by atoms with Gasteiger partial charge in [-0.2, -0.15) is 0 Å². The topological polar surface area (TPSA) is 129 Å². The van der Waals surface area contributed by atoms with Crippen molar-refractivity contribution in [1.82, 2.24) is 25.5 Å². The van der Waals surface area contributed by atoms with Crippen molar-refractivity contribution in [1.29, 1.82) is 0 Å². The first-order valence-corrected chi connectivity index (χ1v) is 15.6. The van der Waals surface area contributed by atoms with E-state index >= 15 is 0 Å². The summed E-state index contributed by atoms with van der Waals surface area (Å²) in [5.74, 6) is 1.26. The fourth-order valence-electron chi connectivity index (χ4n) is 10.2. The van der Waals surface area contributed by atoms with Crippen LogP contribution in [0, 0.1) is 17.3 Å². The highest BCUT2D eigenvalue weighted by Crippen LogP contribution is 2.76. The maximum absolute atomic E-state index is 13.6. The van der Waals surface area contributed by atoms with E-state index in [1.807, 2.05) is 6.07 Å². The van der Waals surface area contributed by atoms with Gasteiger partial charge in [0.2, 0.25) is 11.8 Å². The lowest BCUT2D eigenvalue weighted by Crippen LogP contribution is -2.81. The number of phenols is 1. The average Bonchev–Trinajstić information content (AvgIpc) is 3.49. The summed E-state index contributed by atoms with van der Waals surface area (Å²) >= 11 is 0. The second kappa shape index (κ2) is 9.19. The van der Waals surface area contributed by atoms with Gasteiger partial charge in [-0.1, -0.05) is 6.07 Å².